The minimum atomic E-state index is -0.182. The van der Waals surface area contributed by atoms with Gasteiger partial charge in [-0.25, -0.2) is 0 Å². The van der Waals surface area contributed by atoms with Crippen LogP contribution in [0.25, 0.3) is 0 Å². The molecular formula is C49H96Cl2N4O9P10. The molecule has 13 nitrogen and oxygen atoms in total. The summed E-state index contributed by atoms with van der Waals surface area (Å²) in [5.74, 6) is 2.90. The van der Waals surface area contributed by atoms with Crippen molar-refractivity contribution < 1.29 is 43.4 Å². The molecule has 0 bridgehead atoms. The molecule has 2 aliphatic heterocycles. The first-order valence-electron chi connectivity index (χ1n) is 26.0. The standard InChI is InChI=1S/C25H40N2O5.C21H34N2O4.C3H8.2ClH.H12P10/c1-3-6-25(29)26-13-16-32-23-10-9-19(17-24(23)30-2)12-15-31-22-8-5-4-7-21(22)27-14-11-20(28)18-27;1-25-21-14-16(6-7-20(21)27-13-10-22)9-12-26-19-5-3-2-4-18(19)23-11-8-17(24)15-23;1-3-2;;;1-7(2)10(8(3)4)9(5)6/h9-10,17,20-22,28H,3-8,11-16,18H2,1-2H3,(H,26,29);6-7,14,17-19,24H,2-5,8-13,15,22H2,1H3;3H2,1-2H3;2*1H;1-6H2/t20-,21?,22?;17-,18?,19?;;;;/m11..../s1. The van der Waals surface area contributed by atoms with Crippen LogP contribution in [0, 0.1) is 0 Å². The molecule has 2 heterocycles. The molecule has 2 aromatic carbocycles. The number of benzene rings is 2. The predicted octanol–water partition coefficient (Wildman–Crippen LogP) is 12.6. The van der Waals surface area contributed by atoms with Gasteiger partial charge in [-0.05, 0) is 121 Å². The Morgan fingerprint density at radius 2 is 1.07 bits per heavy atom. The Kier molecular flexibility index (Phi) is 43.2. The van der Waals surface area contributed by atoms with Gasteiger partial charge in [-0.1, -0.05) is 65.0 Å². The van der Waals surface area contributed by atoms with Gasteiger partial charge in [0.1, 0.15) is 13.2 Å². The van der Waals surface area contributed by atoms with E-state index in [0.717, 1.165) is 94.6 Å². The molecule has 0 radical (unpaired) electrons. The smallest absolute Gasteiger partial charge is 0.220 e. The Labute approximate surface area is 477 Å². The van der Waals surface area contributed by atoms with Gasteiger partial charge in [0.15, 0.2) is 23.0 Å². The zero-order chi connectivity index (χ0) is 52.8. The average molecular weight is 1270 g/mol. The minimum absolute atomic E-state index is 0. The van der Waals surface area contributed by atoms with Gasteiger partial charge in [-0.15, -0.1) is 78.4 Å². The lowest BCUT2D eigenvalue weighted by Gasteiger charge is -2.37. The monoisotopic (exact) mass is 1260 g/mol. The average Bonchev–Trinajstić information content (AvgIpc) is 4.00. The van der Waals surface area contributed by atoms with Crippen LogP contribution in [-0.2, 0) is 27.1 Å². The van der Waals surface area contributed by atoms with E-state index in [4.69, 9.17) is 34.2 Å². The van der Waals surface area contributed by atoms with Gasteiger partial charge < -0.3 is 49.7 Å². The highest BCUT2D eigenvalue weighted by molar-refractivity contribution is 9.16. The minimum Gasteiger partial charge on any atom is -0.493 e. The van der Waals surface area contributed by atoms with Crippen LogP contribution in [0.4, 0.5) is 0 Å². The highest BCUT2D eigenvalue weighted by atomic mass is 35.5. The molecule has 2 saturated carbocycles. The zero-order valence-corrected chi connectivity index (χ0v) is 57.0. The van der Waals surface area contributed by atoms with Crippen molar-refractivity contribution in [1.82, 2.24) is 15.1 Å². The summed E-state index contributed by atoms with van der Waals surface area (Å²) in [5.41, 5.74) is 7.82. The van der Waals surface area contributed by atoms with E-state index < -0.39 is 0 Å². The van der Waals surface area contributed by atoms with Crippen LogP contribution in [-0.4, -0.2) is 142 Å². The number of nitrogens with zero attached hydrogens (tertiary/aromatic N) is 2. The van der Waals surface area contributed by atoms with E-state index in [9.17, 15) is 15.0 Å². The van der Waals surface area contributed by atoms with Crippen molar-refractivity contribution in [2.24, 2.45) is 5.73 Å². The Bertz CT molecular complexity index is 1760. The van der Waals surface area contributed by atoms with Gasteiger partial charge in [0.25, 0.3) is 0 Å². The number of likely N-dealkylation sites (tertiary alicyclic amines) is 2. The molecule has 74 heavy (non-hydrogen) atoms. The van der Waals surface area contributed by atoms with E-state index in [0.29, 0.717) is 69.5 Å². The molecule has 430 valence electrons. The van der Waals surface area contributed by atoms with Crippen molar-refractivity contribution in [3.8, 4) is 23.0 Å². The van der Waals surface area contributed by atoms with Gasteiger partial charge >= 0.3 is 0 Å². The fourth-order valence-electron chi connectivity index (χ4n) is 9.34. The maximum atomic E-state index is 11.5. The summed E-state index contributed by atoms with van der Waals surface area (Å²) in [6, 6.07) is 12.9. The van der Waals surface area contributed by atoms with Gasteiger partial charge in [-0.2, -0.15) is 0 Å². The largest absolute Gasteiger partial charge is 0.493 e. The van der Waals surface area contributed by atoms with Crippen LogP contribution in [0.3, 0.4) is 0 Å². The summed E-state index contributed by atoms with van der Waals surface area (Å²) in [6.07, 6.45) is 15.8. The molecule has 12 atom stereocenters. The number of methoxy groups -OCH3 is 2. The highest BCUT2D eigenvalue weighted by Gasteiger charge is 2.36. The number of β-amino-alcohol motifs (C(OH)–C–C–N with tert-alkyl or cyclic N) is 2. The Balaban J connectivity index is 0.000000590. The van der Waals surface area contributed by atoms with Crippen LogP contribution < -0.4 is 30.0 Å². The first-order chi connectivity index (χ1) is 34.7. The molecule has 25 heteroatoms. The Morgan fingerprint density at radius 3 is 1.42 bits per heavy atom. The number of aliphatic hydroxyl groups excluding tert-OH is 2. The van der Waals surface area contributed by atoms with E-state index in [1.54, 1.807) is 14.2 Å². The third-order valence-corrected chi connectivity index (χ3v) is 62.3. The number of rotatable bonds is 24. The van der Waals surface area contributed by atoms with Gasteiger partial charge in [0.2, 0.25) is 5.91 Å². The number of hydrogen-bond donors (Lipinski definition) is 4. The SMILES string of the molecule is CCC.CCCC(=O)NCCOc1ccc(CCOC2CCCCC2N2CC[C@@H](O)C2)cc1OC.COc1cc(CCOC2CCCCC2N2CC[C@@H](O)C2)ccc1OCCN.Cl.Cl.PP(P)P(P(P)P)P(P)P. The van der Waals surface area contributed by atoms with E-state index in [2.05, 4.69) is 88.6 Å². The molecule has 6 rings (SSSR count). The fourth-order valence-corrected chi connectivity index (χ4v) is 95.9. The summed E-state index contributed by atoms with van der Waals surface area (Å²) < 4.78 is 35.0. The second-order valence-electron chi connectivity index (χ2n) is 18.6. The molecule has 4 fully saturated rings. The zero-order valence-electron chi connectivity index (χ0n) is 44.9. The number of nitrogens with one attached hydrogen (secondary N) is 1. The highest BCUT2D eigenvalue weighted by Crippen LogP contribution is 3.10. The summed E-state index contributed by atoms with van der Waals surface area (Å²) in [6.45, 7) is 13.6. The lowest BCUT2D eigenvalue weighted by Crippen LogP contribution is -2.46. The van der Waals surface area contributed by atoms with Crippen molar-refractivity contribution in [3.05, 3.63) is 47.5 Å². The van der Waals surface area contributed by atoms with Crippen LogP contribution in [0.15, 0.2) is 36.4 Å². The van der Waals surface area contributed by atoms with E-state index in [1.807, 2.05) is 37.3 Å². The molecule has 0 spiro atoms. The first kappa shape index (κ1) is 73.7. The number of ether oxygens (including phenoxy) is 6. The number of aliphatic hydroxyl groups is 2. The summed E-state index contributed by atoms with van der Waals surface area (Å²) >= 11 is 0. The summed E-state index contributed by atoms with van der Waals surface area (Å²) in [7, 11) is 21.0. The van der Waals surface area contributed by atoms with Crippen molar-refractivity contribution in [1.29, 1.82) is 0 Å². The second-order valence-corrected chi connectivity index (χ2v) is 55.2. The van der Waals surface area contributed by atoms with Crippen LogP contribution in [0.1, 0.15) is 115 Å². The molecule has 4 aliphatic rings. The maximum absolute atomic E-state index is 11.5. The van der Waals surface area contributed by atoms with Gasteiger partial charge in [0, 0.05) is 51.2 Å². The summed E-state index contributed by atoms with van der Waals surface area (Å²) in [5, 5.41) is 22.6. The molecule has 2 aliphatic carbocycles. The third-order valence-electron chi connectivity index (χ3n) is 12.7. The molecular weight excluding hydrogens is 1170 g/mol. The molecule has 1 amide bonds. The molecule has 10 unspecified atom stereocenters. The summed E-state index contributed by atoms with van der Waals surface area (Å²) in [4.78, 5) is 16.4. The van der Waals surface area contributed by atoms with Crippen molar-refractivity contribution in [2.45, 2.75) is 154 Å². The predicted molar refractivity (Wildman–Crippen MR) is 346 cm³/mol. The van der Waals surface area contributed by atoms with E-state index in [-0.39, 0.29) is 83.1 Å². The Hall–Kier alpha value is 1.71. The molecule has 2 aromatic rings. The van der Waals surface area contributed by atoms with Crippen LogP contribution >= 0.6 is 106 Å². The van der Waals surface area contributed by atoms with Gasteiger partial charge in [0.05, 0.1) is 58.4 Å². The quantitative estimate of drug-likeness (QED) is 0.0583. The number of halogens is 2. The first-order valence-corrected chi connectivity index (χ1v) is 43.2. The Morgan fingerprint density at radius 1 is 0.649 bits per heavy atom. The molecule has 2 saturated heterocycles. The number of hydrogen-bond acceptors (Lipinski definition) is 12. The fraction of sp³-hybridized carbons (Fsp3) is 0.735. The van der Waals surface area contributed by atoms with Crippen molar-refractivity contribution in [2.75, 3.05) is 79.9 Å². The number of amides is 1. The van der Waals surface area contributed by atoms with Crippen molar-refractivity contribution in [3.63, 3.8) is 0 Å². The topological polar surface area (TPSA) is 157 Å². The number of carbonyl (C=O) groups is 1. The van der Waals surface area contributed by atoms with E-state index in [1.165, 1.54) is 44.1 Å². The number of carbonyl (C=O) groups excluding carboxylic acids is 1. The van der Waals surface area contributed by atoms with Gasteiger partial charge in [-0.3, -0.25) is 14.6 Å². The van der Waals surface area contributed by atoms with Crippen LogP contribution in [0.2, 0.25) is 0 Å². The number of nitrogens with two attached hydrogens (primary N) is 1. The third kappa shape index (κ3) is 28.1. The van der Waals surface area contributed by atoms with E-state index >= 15 is 0 Å². The molecule has 0 aromatic heterocycles. The lowest BCUT2D eigenvalue weighted by atomic mass is 9.91. The second kappa shape index (κ2) is 43.4. The van der Waals surface area contributed by atoms with Crippen LogP contribution in [0.5, 0.6) is 23.0 Å². The normalized spacial score (nSPS) is 21.8. The van der Waals surface area contributed by atoms with Crippen molar-refractivity contribution >= 4 is 112 Å². The lowest BCUT2D eigenvalue weighted by molar-refractivity contribution is -0.121. The maximum Gasteiger partial charge on any atom is 0.220 e. The molecule has 5 N–H and O–H groups in total.